The monoisotopic (exact) mass is 240 g/mol. The topological polar surface area (TPSA) is 72.2 Å². The molecule has 0 aliphatic carbocycles. The van der Waals surface area contributed by atoms with Gasteiger partial charge in [-0.1, -0.05) is 19.9 Å². The van der Waals surface area contributed by atoms with Crippen molar-refractivity contribution in [3.05, 3.63) is 22.4 Å². The molecule has 16 heavy (non-hydrogen) atoms. The second-order valence-electron chi connectivity index (χ2n) is 3.89. The second kappa shape index (κ2) is 5.77. The van der Waals surface area contributed by atoms with E-state index in [-0.39, 0.29) is 24.2 Å². The van der Waals surface area contributed by atoms with Gasteiger partial charge in [0.2, 0.25) is 5.91 Å². The van der Waals surface area contributed by atoms with E-state index in [4.69, 9.17) is 5.73 Å². The van der Waals surface area contributed by atoms with Gasteiger partial charge in [0.25, 0.3) is 0 Å². The first-order valence-electron chi connectivity index (χ1n) is 5.12. The molecule has 1 unspecified atom stereocenters. The molecule has 0 aliphatic heterocycles. The number of thiophene rings is 1. The number of hydrogen-bond acceptors (Lipinski definition) is 4. The number of ketones is 1. The fourth-order valence-electron chi connectivity index (χ4n) is 1.11. The summed E-state index contributed by atoms with van der Waals surface area (Å²) in [6.45, 7) is 3.75. The van der Waals surface area contributed by atoms with Crippen molar-refractivity contribution in [3.8, 4) is 0 Å². The first-order chi connectivity index (χ1) is 7.52. The minimum atomic E-state index is -0.559. The van der Waals surface area contributed by atoms with Crippen molar-refractivity contribution in [3.63, 3.8) is 0 Å². The molecule has 5 heteroatoms. The predicted octanol–water partition coefficient (Wildman–Crippen LogP) is 1.03. The van der Waals surface area contributed by atoms with E-state index in [0.29, 0.717) is 4.88 Å². The fraction of sp³-hybridized carbons (Fsp3) is 0.455. The van der Waals surface area contributed by atoms with Gasteiger partial charge in [-0.05, 0) is 17.4 Å². The van der Waals surface area contributed by atoms with Crippen LogP contribution in [0.5, 0.6) is 0 Å². The summed E-state index contributed by atoms with van der Waals surface area (Å²) < 4.78 is 0. The Hall–Kier alpha value is -1.20. The van der Waals surface area contributed by atoms with E-state index in [1.807, 2.05) is 19.2 Å². The molecular formula is C11H16N2O2S. The Morgan fingerprint density at radius 2 is 2.19 bits per heavy atom. The average molecular weight is 240 g/mol. The zero-order valence-corrected chi connectivity index (χ0v) is 10.2. The van der Waals surface area contributed by atoms with Gasteiger partial charge in [0, 0.05) is 0 Å². The lowest BCUT2D eigenvalue weighted by atomic mass is 10.1. The molecule has 4 nitrogen and oxygen atoms in total. The quantitative estimate of drug-likeness (QED) is 0.755. The van der Waals surface area contributed by atoms with Crippen molar-refractivity contribution in [1.29, 1.82) is 0 Å². The maximum Gasteiger partial charge on any atom is 0.237 e. The summed E-state index contributed by atoms with van der Waals surface area (Å²) in [5, 5.41) is 4.37. The molecule has 0 saturated heterocycles. The van der Waals surface area contributed by atoms with Gasteiger partial charge in [-0.15, -0.1) is 11.3 Å². The molecule has 0 aliphatic rings. The van der Waals surface area contributed by atoms with E-state index < -0.39 is 6.04 Å². The maximum atomic E-state index is 11.6. The maximum absolute atomic E-state index is 11.6. The normalized spacial score (nSPS) is 12.5. The largest absolute Gasteiger partial charge is 0.347 e. The standard InChI is InChI=1S/C11H16N2O2S/c1-7(2)10(12)11(15)13-6-8(14)9-4-3-5-16-9/h3-5,7,10H,6,12H2,1-2H3,(H,13,15). The molecule has 0 radical (unpaired) electrons. The summed E-state index contributed by atoms with van der Waals surface area (Å²) >= 11 is 1.37. The number of nitrogens with one attached hydrogen (secondary N) is 1. The second-order valence-corrected chi connectivity index (χ2v) is 4.84. The van der Waals surface area contributed by atoms with Gasteiger partial charge in [-0.25, -0.2) is 0 Å². The number of rotatable bonds is 5. The van der Waals surface area contributed by atoms with Crippen LogP contribution < -0.4 is 11.1 Å². The lowest BCUT2D eigenvalue weighted by molar-refractivity contribution is -0.123. The van der Waals surface area contributed by atoms with Crippen LogP contribution in [0.1, 0.15) is 23.5 Å². The highest BCUT2D eigenvalue weighted by Crippen LogP contribution is 2.08. The van der Waals surface area contributed by atoms with Crippen molar-refractivity contribution in [2.75, 3.05) is 6.54 Å². The molecule has 0 fully saturated rings. The Morgan fingerprint density at radius 3 is 2.69 bits per heavy atom. The van der Waals surface area contributed by atoms with Gasteiger partial charge in [0.15, 0.2) is 5.78 Å². The minimum Gasteiger partial charge on any atom is -0.347 e. The molecule has 0 aromatic carbocycles. The lowest BCUT2D eigenvalue weighted by Gasteiger charge is -2.14. The smallest absolute Gasteiger partial charge is 0.237 e. The molecule has 1 atom stereocenters. The van der Waals surface area contributed by atoms with Gasteiger partial charge in [0.1, 0.15) is 0 Å². The molecule has 1 heterocycles. The number of carbonyl (C=O) groups excluding carboxylic acids is 2. The first kappa shape index (κ1) is 12.9. The van der Waals surface area contributed by atoms with Gasteiger partial charge < -0.3 is 11.1 Å². The summed E-state index contributed by atoms with van der Waals surface area (Å²) in [5.41, 5.74) is 5.64. The van der Waals surface area contributed by atoms with E-state index in [2.05, 4.69) is 5.32 Å². The molecule has 88 valence electrons. The summed E-state index contributed by atoms with van der Waals surface area (Å²) in [7, 11) is 0. The first-order valence-corrected chi connectivity index (χ1v) is 6.00. The van der Waals surface area contributed by atoms with Crippen LogP contribution in [-0.2, 0) is 4.79 Å². The predicted molar refractivity (Wildman–Crippen MR) is 64.5 cm³/mol. The van der Waals surface area contributed by atoms with Gasteiger partial charge in [-0.2, -0.15) is 0 Å². The third kappa shape index (κ3) is 3.43. The molecule has 1 aromatic heterocycles. The van der Waals surface area contributed by atoms with Gasteiger partial charge in [-0.3, -0.25) is 9.59 Å². The third-order valence-corrected chi connectivity index (χ3v) is 3.15. The summed E-state index contributed by atoms with van der Waals surface area (Å²) in [6, 6.07) is 2.98. The third-order valence-electron chi connectivity index (χ3n) is 2.24. The Labute approximate surface area is 98.8 Å². The van der Waals surface area contributed by atoms with E-state index in [9.17, 15) is 9.59 Å². The highest BCUT2D eigenvalue weighted by molar-refractivity contribution is 7.12. The number of carbonyl (C=O) groups is 2. The summed E-state index contributed by atoms with van der Waals surface area (Å²) in [4.78, 5) is 23.7. The van der Waals surface area contributed by atoms with E-state index in [1.54, 1.807) is 12.1 Å². The molecule has 0 bridgehead atoms. The highest BCUT2D eigenvalue weighted by Gasteiger charge is 2.18. The van der Waals surface area contributed by atoms with Gasteiger partial charge in [0.05, 0.1) is 17.5 Å². The van der Waals surface area contributed by atoms with Crippen molar-refractivity contribution >= 4 is 23.0 Å². The lowest BCUT2D eigenvalue weighted by Crippen LogP contribution is -2.45. The fourth-order valence-corrected chi connectivity index (χ4v) is 1.78. The zero-order chi connectivity index (χ0) is 12.1. The van der Waals surface area contributed by atoms with Crippen LogP contribution in [0.2, 0.25) is 0 Å². The minimum absolute atomic E-state index is 0.0137. The van der Waals surface area contributed by atoms with Crippen LogP contribution in [0, 0.1) is 5.92 Å². The van der Waals surface area contributed by atoms with Crippen molar-refractivity contribution in [2.45, 2.75) is 19.9 Å². The molecule has 1 rings (SSSR count). The van der Waals surface area contributed by atoms with E-state index in [0.717, 1.165) is 0 Å². The number of nitrogens with two attached hydrogens (primary N) is 1. The summed E-state index contributed by atoms with van der Waals surface area (Å²) in [6.07, 6.45) is 0. The number of Topliss-reactive ketones (excluding diaryl/α,β-unsaturated/α-hetero) is 1. The average Bonchev–Trinajstić information content (AvgIpc) is 2.77. The number of amides is 1. The van der Waals surface area contributed by atoms with E-state index in [1.165, 1.54) is 11.3 Å². The van der Waals surface area contributed by atoms with E-state index >= 15 is 0 Å². The van der Waals surface area contributed by atoms with Gasteiger partial charge >= 0.3 is 0 Å². The molecular weight excluding hydrogens is 224 g/mol. The molecule has 1 aromatic rings. The summed E-state index contributed by atoms with van der Waals surface area (Å²) in [5.74, 6) is -0.295. The van der Waals surface area contributed by atoms with Crippen LogP contribution in [0.25, 0.3) is 0 Å². The molecule has 0 spiro atoms. The van der Waals surface area contributed by atoms with Crippen molar-refractivity contribution in [2.24, 2.45) is 11.7 Å². The van der Waals surface area contributed by atoms with Crippen molar-refractivity contribution < 1.29 is 9.59 Å². The Morgan fingerprint density at radius 1 is 1.50 bits per heavy atom. The Balaban J connectivity index is 2.41. The van der Waals surface area contributed by atoms with Crippen molar-refractivity contribution in [1.82, 2.24) is 5.32 Å². The Kier molecular flexibility index (Phi) is 4.64. The highest BCUT2D eigenvalue weighted by atomic mass is 32.1. The Bertz CT molecular complexity index is 360. The van der Waals surface area contributed by atoms with Crippen LogP contribution in [0.3, 0.4) is 0 Å². The number of hydrogen-bond donors (Lipinski definition) is 2. The van der Waals surface area contributed by atoms with Crippen LogP contribution in [0.15, 0.2) is 17.5 Å². The molecule has 0 saturated carbocycles. The van der Waals surface area contributed by atoms with Crippen LogP contribution in [-0.4, -0.2) is 24.3 Å². The van der Waals surface area contributed by atoms with Crippen LogP contribution in [0.4, 0.5) is 0 Å². The SMILES string of the molecule is CC(C)C(N)C(=O)NCC(=O)c1cccs1. The van der Waals surface area contributed by atoms with Crippen LogP contribution >= 0.6 is 11.3 Å². The molecule has 1 amide bonds. The molecule has 3 N–H and O–H groups in total. The zero-order valence-electron chi connectivity index (χ0n) is 9.40.